The minimum atomic E-state index is -0.168. The van der Waals surface area contributed by atoms with Crippen LogP contribution in [0.3, 0.4) is 0 Å². The number of nitrogens with one attached hydrogen (secondary N) is 1. The predicted octanol–water partition coefficient (Wildman–Crippen LogP) is 3.96. The molecular weight excluding hydrogens is 362 g/mol. The summed E-state index contributed by atoms with van der Waals surface area (Å²) in [6.07, 6.45) is 11.1. The maximum Gasteiger partial charge on any atom is 0.350 e. The molecule has 0 aromatic carbocycles. The van der Waals surface area contributed by atoms with E-state index in [2.05, 4.69) is 20.5 Å². The third-order valence-electron chi connectivity index (χ3n) is 6.57. The molecule has 1 aliphatic heterocycles. The molecule has 2 heterocycles. The van der Waals surface area contributed by atoms with Gasteiger partial charge in [0.15, 0.2) is 5.57 Å². The van der Waals surface area contributed by atoms with Gasteiger partial charge in [-0.15, -0.1) is 0 Å². The number of hydrogen-bond acceptors (Lipinski definition) is 3. The van der Waals surface area contributed by atoms with Crippen molar-refractivity contribution in [2.45, 2.75) is 38.5 Å². The molecule has 4 bridgehead atoms. The molecule has 4 fully saturated rings. The lowest BCUT2D eigenvalue weighted by atomic mass is 9.49. The maximum absolute atomic E-state index is 12.7. The summed E-state index contributed by atoms with van der Waals surface area (Å²) in [6.45, 7) is 0.744. The van der Waals surface area contributed by atoms with Crippen molar-refractivity contribution in [2.75, 3.05) is 6.54 Å². The van der Waals surface area contributed by atoms with Crippen LogP contribution in [0.5, 0.6) is 0 Å². The van der Waals surface area contributed by atoms with Crippen LogP contribution in [-0.4, -0.2) is 28.5 Å². The Labute approximate surface area is 163 Å². The van der Waals surface area contributed by atoms with E-state index in [9.17, 15) is 4.79 Å². The first-order valence-electron chi connectivity index (χ1n) is 9.75. The number of nitrogens with zero attached hydrogens (tertiary/aromatic N) is 4. The average molecular weight is 385 g/mol. The molecule has 1 N–H and O–H groups in total. The summed E-state index contributed by atoms with van der Waals surface area (Å²) in [5.41, 5.74) is 0.659. The zero-order valence-electron chi connectivity index (χ0n) is 15.1. The van der Waals surface area contributed by atoms with Gasteiger partial charge in [-0.25, -0.2) is 4.98 Å². The maximum atomic E-state index is 12.7. The standard InChI is InChI=1S/C20H22ClN5O/c21-18-16(11-24-26(18)25-17-3-1-2-4-22-17)19(27)23-12-20-8-13-5-14(9-20)7-15(6-13)10-20/h1-4,11,13-15H,5-10,12H2/p+1. The molecule has 0 radical (unpaired) electrons. The van der Waals surface area contributed by atoms with Crippen LogP contribution in [0.15, 0.2) is 45.3 Å². The number of hydrogen-bond donors (Lipinski definition) is 1. The Hall–Kier alpha value is -2.08. The third-order valence-corrected chi connectivity index (χ3v) is 6.93. The Bertz CT molecular complexity index is 825. The van der Waals surface area contributed by atoms with Crippen molar-refractivity contribution < 1.29 is 9.60 Å². The van der Waals surface area contributed by atoms with Gasteiger partial charge in [-0.1, -0.05) is 6.07 Å². The minimum Gasteiger partial charge on any atom is -0.351 e. The van der Waals surface area contributed by atoms with E-state index < -0.39 is 0 Å². The van der Waals surface area contributed by atoms with Crippen LogP contribution in [0.25, 0.3) is 0 Å². The molecule has 1 aromatic heterocycles. The van der Waals surface area contributed by atoms with Crippen LogP contribution in [-0.2, 0) is 4.79 Å². The first kappa shape index (κ1) is 17.0. The topological polar surface area (TPSA) is 69.7 Å². The Morgan fingerprint density at radius 1 is 1.22 bits per heavy atom. The van der Waals surface area contributed by atoms with Gasteiger partial charge in [0.05, 0.1) is 9.92 Å². The molecular formula is C20H23ClN5O+. The largest absolute Gasteiger partial charge is 0.351 e. The van der Waals surface area contributed by atoms with Gasteiger partial charge in [-0.3, -0.25) is 4.79 Å². The quantitative estimate of drug-likeness (QED) is 0.630. The van der Waals surface area contributed by atoms with E-state index in [1.807, 2.05) is 12.1 Å². The van der Waals surface area contributed by atoms with Crippen LogP contribution < -0.4 is 5.32 Å². The molecule has 1 aromatic rings. The number of azo groups is 1. The highest BCUT2D eigenvalue weighted by Crippen LogP contribution is 2.59. The van der Waals surface area contributed by atoms with Crippen molar-refractivity contribution in [3.8, 4) is 0 Å². The number of carbonyl (C=O) groups excluding carboxylic acids is 1. The van der Waals surface area contributed by atoms with Crippen molar-refractivity contribution in [3.05, 3.63) is 35.1 Å². The van der Waals surface area contributed by atoms with Crippen molar-refractivity contribution >= 4 is 29.5 Å². The van der Waals surface area contributed by atoms with Crippen molar-refractivity contribution in [3.63, 3.8) is 0 Å². The first-order chi connectivity index (χ1) is 13.1. The van der Waals surface area contributed by atoms with Gasteiger partial charge in [0.1, 0.15) is 6.21 Å². The van der Waals surface area contributed by atoms with E-state index in [-0.39, 0.29) is 11.1 Å². The highest BCUT2D eigenvalue weighted by Gasteiger charge is 2.50. The fraction of sp³-hybridized carbons (Fsp3) is 0.550. The van der Waals surface area contributed by atoms with Crippen LogP contribution in [0.1, 0.15) is 38.5 Å². The van der Waals surface area contributed by atoms with Crippen LogP contribution in [0, 0.1) is 23.2 Å². The zero-order valence-corrected chi connectivity index (χ0v) is 15.9. The lowest BCUT2D eigenvalue weighted by Gasteiger charge is -2.56. The molecule has 6 nitrogen and oxygen atoms in total. The fourth-order valence-electron chi connectivity index (χ4n) is 5.93. The molecule has 0 unspecified atom stereocenters. The smallest absolute Gasteiger partial charge is 0.350 e. The Balaban J connectivity index is 1.28. The van der Waals surface area contributed by atoms with Gasteiger partial charge in [0.25, 0.3) is 5.91 Å². The van der Waals surface area contributed by atoms with Gasteiger partial charge in [-0.2, -0.15) is 0 Å². The van der Waals surface area contributed by atoms with E-state index in [0.717, 1.165) is 24.3 Å². The van der Waals surface area contributed by atoms with Crippen molar-refractivity contribution in [1.29, 1.82) is 0 Å². The second-order valence-electron chi connectivity index (χ2n) is 8.63. The summed E-state index contributed by atoms with van der Waals surface area (Å²) >= 11 is 6.34. The molecule has 140 valence electrons. The summed E-state index contributed by atoms with van der Waals surface area (Å²) in [6, 6.07) is 5.40. The summed E-state index contributed by atoms with van der Waals surface area (Å²) in [5, 5.41) is 11.7. The van der Waals surface area contributed by atoms with Crippen molar-refractivity contribution in [2.24, 2.45) is 33.4 Å². The average Bonchev–Trinajstić information content (AvgIpc) is 3.00. The van der Waals surface area contributed by atoms with E-state index in [1.165, 1.54) is 49.5 Å². The van der Waals surface area contributed by atoms with E-state index in [4.69, 9.17) is 11.6 Å². The summed E-state index contributed by atoms with van der Waals surface area (Å²) < 4.78 is 0. The third kappa shape index (κ3) is 3.20. The molecule has 0 saturated heterocycles. The van der Waals surface area contributed by atoms with Crippen molar-refractivity contribution in [1.82, 2.24) is 10.3 Å². The molecule has 1 amide bonds. The monoisotopic (exact) mass is 384 g/mol. The summed E-state index contributed by atoms with van der Waals surface area (Å²) in [4.78, 5) is 18.1. The summed E-state index contributed by atoms with van der Waals surface area (Å²) in [7, 11) is 0. The molecule has 6 rings (SSSR count). The lowest BCUT2D eigenvalue weighted by molar-refractivity contribution is -0.533. The predicted molar refractivity (Wildman–Crippen MR) is 102 cm³/mol. The molecule has 4 aliphatic carbocycles. The number of carbonyl (C=O) groups is 1. The number of aromatic nitrogens is 1. The number of rotatable bonds is 4. The van der Waals surface area contributed by atoms with E-state index >= 15 is 0 Å². The highest BCUT2D eigenvalue weighted by atomic mass is 35.5. The molecule has 7 heteroatoms. The van der Waals surface area contributed by atoms with Gasteiger partial charge in [-0.05, 0) is 85.4 Å². The van der Waals surface area contributed by atoms with Gasteiger partial charge < -0.3 is 5.32 Å². The SMILES string of the molecule is O=C(NCC12CC3CC(CC(C3)C1)C2)C1=C(Cl)[N+](=Nc2ccccn2)N=C1. The number of hydrazone groups is 1. The van der Waals surface area contributed by atoms with Crippen LogP contribution in [0.2, 0.25) is 0 Å². The molecule has 0 atom stereocenters. The Kier molecular flexibility index (Phi) is 4.11. The van der Waals surface area contributed by atoms with E-state index in [0.29, 0.717) is 16.8 Å². The van der Waals surface area contributed by atoms with E-state index in [1.54, 1.807) is 12.3 Å². The molecule has 0 spiro atoms. The zero-order chi connectivity index (χ0) is 18.4. The lowest BCUT2D eigenvalue weighted by Crippen LogP contribution is -2.51. The number of pyridine rings is 1. The fourth-order valence-corrected chi connectivity index (χ4v) is 6.14. The van der Waals surface area contributed by atoms with Gasteiger partial charge in [0, 0.05) is 17.8 Å². The Morgan fingerprint density at radius 3 is 2.56 bits per heavy atom. The Morgan fingerprint density at radius 2 is 1.93 bits per heavy atom. The first-order valence-corrected chi connectivity index (χ1v) is 10.1. The normalized spacial score (nSPS) is 35.3. The number of amides is 1. The second kappa shape index (κ2) is 6.51. The molecule has 4 saturated carbocycles. The van der Waals surface area contributed by atoms with Gasteiger partial charge >= 0.3 is 5.16 Å². The minimum absolute atomic E-state index is 0.168. The summed E-state index contributed by atoms with van der Waals surface area (Å²) in [5.74, 6) is 2.94. The van der Waals surface area contributed by atoms with Gasteiger partial charge in [0.2, 0.25) is 5.82 Å². The molecule has 27 heavy (non-hydrogen) atoms. The van der Waals surface area contributed by atoms with Crippen LogP contribution in [0.4, 0.5) is 5.82 Å². The highest BCUT2D eigenvalue weighted by molar-refractivity contribution is 6.34. The van der Waals surface area contributed by atoms with Crippen LogP contribution >= 0.6 is 11.6 Å². The molecule has 5 aliphatic rings. The number of halogens is 1. The second-order valence-corrected chi connectivity index (χ2v) is 8.98.